The van der Waals surface area contributed by atoms with Gasteiger partial charge >= 0.3 is 0 Å². The molecule has 91 heavy (non-hydrogen) atoms. The molecule has 0 bridgehead atoms. The van der Waals surface area contributed by atoms with E-state index in [-0.39, 0.29) is 14.9 Å². The van der Waals surface area contributed by atoms with E-state index in [1.165, 1.54) is 186 Å². The maximum atomic E-state index is 2.46. The second kappa shape index (κ2) is 55.1. The molecule has 5 aliphatic carbocycles. The van der Waals surface area contributed by atoms with E-state index in [1.54, 1.807) is 0 Å². The lowest BCUT2D eigenvalue weighted by atomic mass is 9.60. The van der Waals surface area contributed by atoms with Gasteiger partial charge in [-0.25, -0.2) is 0 Å². The van der Waals surface area contributed by atoms with E-state index < -0.39 is 0 Å². The summed E-state index contributed by atoms with van der Waals surface area (Å²) in [4.78, 5) is 0. The van der Waals surface area contributed by atoms with Crippen molar-refractivity contribution in [2.45, 2.75) is 367 Å². The lowest BCUT2D eigenvalue weighted by molar-refractivity contribution is 0.0581. The summed E-state index contributed by atoms with van der Waals surface area (Å²) in [5, 5.41) is 0. The van der Waals surface area contributed by atoms with Gasteiger partial charge in [-0.3, -0.25) is 0 Å². The fourth-order valence-corrected chi connectivity index (χ4v) is 14.8. The van der Waals surface area contributed by atoms with Gasteiger partial charge in [-0.1, -0.05) is 380 Å². The Hall–Kier alpha value is -3.12. The van der Waals surface area contributed by atoms with Gasteiger partial charge in [0.2, 0.25) is 0 Å². The van der Waals surface area contributed by atoms with Crippen LogP contribution in [-0.4, -0.2) is 0 Å². The van der Waals surface area contributed by atoms with Crippen LogP contribution in [0.1, 0.15) is 360 Å². The largest absolute Gasteiger partial charge is 0.0776 e. The summed E-state index contributed by atoms with van der Waals surface area (Å²) < 4.78 is 0. The molecule has 5 aliphatic rings. The van der Waals surface area contributed by atoms with E-state index in [0.29, 0.717) is 10.8 Å². The van der Waals surface area contributed by atoms with Crippen LogP contribution in [0.3, 0.4) is 0 Å². The highest BCUT2D eigenvalue weighted by molar-refractivity contribution is 5.27. The average Bonchev–Trinajstić information content (AvgIpc) is 1.52. The quantitative estimate of drug-likeness (QED) is 0.148. The second-order valence-corrected chi connectivity index (χ2v) is 30.9. The minimum Gasteiger partial charge on any atom is -0.0776 e. The molecule has 4 aromatic rings. The molecule has 9 rings (SSSR count). The predicted octanol–water partition coefficient (Wildman–Crippen LogP) is 30.3. The number of hydrogen-bond acceptors (Lipinski definition) is 0. The van der Waals surface area contributed by atoms with Gasteiger partial charge in [-0.2, -0.15) is 0 Å². The van der Waals surface area contributed by atoms with Gasteiger partial charge in [0.15, 0.2) is 0 Å². The van der Waals surface area contributed by atoms with Crippen molar-refractivity contribution in [3.63, 3.8) is 0 Å². The molecule has 0 N–H and O–H groups in total. The fraction of sp³-hybridized carbons (Fsp3) is 0.736. The number of hydrogen-bond donors (Lipinski definition) is 0. The van der Waals surface area contributed by atoms with E-state index in [0.717, 1.165) is 104 Å². The predicted molar refractivity (Wildman–Crippen MR) is 422 cm³/mol. The molecule has 0 heteroatoms. The normalized spacial score (nSPS) is 25.0. The summed E-state index contributed by atoms with van der Waals surface area (Å²) in [6, 6.07) is 34.7. The van der Waals surface area contributed by atoms with E-state index >= 15 is 0 Å². The van der Waals surface area contributed by atoms with Crippen LogP contribution in [-0.2, 0) is 44.9 Å². The number of aryl methyl sites for hydroxylation is 8. The van der Waals surface area contributed by atoms with Gasteiger partial charge < -0.3 is 0 Å². The zero-order valence-corrected chi connectivity index (χ0v) is 64.5. The maximum Gasteiger partial charge on any atom is -0.0305 e. The monoisotopic (exact) mass is 1260 g/mol. The van der Waals surface area contributed by atoms with Gasteiger partial charge in [0.05, 0.1) is 0 Å². The molecule has 0 radical (unpaired) electrons. The van der Waals surface area contributed by atoms with Crippen LogP contribution >= 0.6 is 0 Å². The average molecular weight is 1260 g/mol. The van der Waals surface area contributed by atoms with Crippen molar-refractivity contribution >= 4 is 0 Å². The van der Waals surface area contributed by atoms with Crippen molar-refractivity contribution < 1.29 is 0 Å². The molecular formula is C91H164. The van der Waals surface area contributed by atoms with E-state index in [2.05, 4.69) is 263 Å². The highest BCUT2D eigenvalue weighted by Crippen LogP contribution is 2.50. The van der Waals surface area contributed by atoms with Crippen LogP contribution in [0.15, 0.2) is 97.1 Å². The van der Waals surface area contributed by atoms with E-state index in [4.69, 9.17) is 0 Å². The SMILES string of the molecule is C.C.CC1CCC(C)C(C)C1.CC1CCC(C)CC1.CC1CCCC(C)C1.CCC.CCC1(C)CC(C)CC(C)(C)C1.CCC1CCC(CC)CC1.CCc1ccc(CC)cc1.CCc1cccc(CC)c1.CCc1ccccc1C.CCc1ccccc1CC. The Morgan fingerprint density at radius 1 is 0.352 bits per heavy atom. The van der Waals surface area contributed by atoms with Crippen LogP contribution < -0.4 is 0 Å². The molecule has 7 unspecified atom stereocenters. The molecule has 0 saturated heterocycles. The van der Waals surface area contributed by atoms with Gasteiger partial charge in [0, 0.05) is 0 Å². The van der Waals surface area contributed by atoms with Crippen LogP contribution in [0.2, 0.25) is 0 Å². The molecule has 7 atom stereocenters. The molecule has 0 spiro atoms. The van der Waals surface area contributed by atoms with Crippen molar-refractivity contribution in [1.29, 1.82) is 0 Å². The third-order valence-corrected chi connectivity index (χ3v) is 21.2. The number of rotatable bonds is 10. The first-order chi connectivity index (χ1) is 42.4. The van der Waals surface area contributed by atoms with Gasteiger partial charge in [0.1, 0.15) is 0 Å². The first-order valence-corrected chi connectivity index (χ1v) is 38.6. The fourth-order valence-electron chi connectivity index (χ4n) is 14.8. The van der Waals surface area contributed by atoms with Gasteiger partial charge in [-0.15, -0.1) is 0 Å². The van der Waals surface area contributed by atoms with Crippen LogP contribution in [0.5, 0.6) is 0 Å². The third kappa shape index (κ3) is 44.3. The highest BCUT2D eigenvalue weighted by Gasteiger charge is 2.38. The van der Waals surface area contributed by atoms with Crippen LogP contribution in [0, 0.1) is 76.9 Å². The summed E-state index contributed by atoms with van der Waals surface area (Å²) in [5.41, 5.74) is 12.8. The minimum absolute atomic E-state index is 0. The summed E-state index contributed by atoms with van der Waals surface area (Å²) in [5.74, 6) is 10.1. The van der Waals surface area contributed by atoms with Crippen LogP contribution in [0.25, 0.3) is 0 Å². The Balaban J connectivity index is -0.000000951. The van der Waals surface area contributed by atoms with Crippen molar-refractivity contribution in [2.24, 2.45) is 70.0 Å². The standard InChI is InChI=1S/C12H24.C10H20.3C10H14.C9H18.C9H12.2C8H16.C3H8.2CH4/c1-6-12(5)8-10(2)7-11(3,4)9-12;2*1-3-9-5-7-10(4-2)8-6-9;1-3-9-6-5-7-10(4-2)8-9;1-3-9-7-5-6-8-10(9)4-2;1-7-4-5-8(2)9(3)6-7;1-3-9-7-5-4-6-8(9)2;1-7-3-5-8(2)6-4-7;1-7-4-3-5-8(2)6-7;1-3-2;;/h10H,6-9H2,1-5H3;9-10H,3-8H2,1-2H3;3*5-8H,3-4H2,1-2H3;7-9H,4-6H2,1-3H3;4-7H,3H2,1-2H3;2*7-8H,3-6H2,1-2H3;3H2,1-2H3;2*1H4. The molecule has 0 aromatic heterocycles. The molecule has 0 nitrogen and oxygen atoms in total. The molecule has 5 fully saturated rings. The summed E-state index contributed by atoms with van der Waals surface area (Å²) in [6.45, 7) is 55.1. The Kier molecular flexibility index (Phi) is 55.7. The van der Waals surface area contributed by atoms with Gasteiger partial charge in [-0.05, 0) is 198 Å². The Morgan fingerprint density at radius 2 is 0.725 bits per heavy atom. The molecule has 5 saturated carbocycles. The molecule has 528 valence electrons. The van der Waals surface area contributed by atoms with Crippen LogP contribution in [0.4, 0.5) is 0 Å². The van der Waals surface area contributed by atoms with E-state index in [1.807, 2.05) is 0 Å². The zero-order valence-electron chi connectivity index (χ0n) is 64.5. The van der Waals surface area contributed by atoms with Gasteiger partial charge in [0.25, 0.3) is 0 Å². The van der Waals surface area contributed by atoms with E-state index in [9.17, 15) is 0 Å². The summed E-state index contributed by atoms with van der Waals surface area (Å²) in [7, 11) is 0. The summed E-state index contributed by atoms with van der Waals surface area (Å²) >= 11 is 0. The Bertz CT molecular complexity index is 2110. The zero-order chi connectivity index (χ0) is 67.2. The van der Waals surface area contributed by atoms with Crippen molar-refractivity contribution in [3.05, 3.63) is 142 Å². The molecule has 0 heterocycles. The minimum atomic E-state index is 0. The summed E-state index contributed by atoms with van der Waals surface area (Å²) in [6.07, 6.45) is 39.9. The first-order valence-electron chi connectivity index (χ1n) is 38.6. The molecule has 0 aliphatic heterocycles. The van der Waals surface area contributed by atoms with Crippen molar-refractivity contribution in [3.8, 4) is 0 Å². The lowest BCUT2D eigenvalue weighted by Gasteiger charge is -2.45. The topological polar surface area (TPSA) is 0 Å². The van der Waals surface area contributed by atoms with Crippen molar-refractivity contribution in [2.75, 3.05) is 0 Å². The second-order valence-electron chi connectivity index (χ2n) is 30.9. The maximum absolute atomic E-state index is 2.46. The molecule has 4 aromatic carbocycles. The Labute approximate surface area is 575 Å². The molecular weight excluding hydrogens is 1090 g/mol. The number of benzene rings is 4. The Morgan fingerprint density at radius 3 is 1.02 bits per heavy atom. The molecule has 0 amide bonds. The lowest BCUT2D eigenvalue weighted by Crippen LogP contribution is -2.34. The first kappa shape index (κ1) is 92.1. The van der Waals surface area contributed by atoms with Crippen molar-refractivity contribution in [1.82, 2.24) is 0 Å². The smallest absolute Gasteiger partial charge is 0.0305 e. The third-order valence-electron chi connectivity index (χ3n) is 21.2. The highest BCUT2D eigenvalue weighted by atomic mass is 14.4.